The second-order valence-corrected chi connectivity index (χ2v) is 6.04. The van der Waals surface area contributed by atoms with Crippen molar-refractivity contribution in [3.8, 4) is 22.6 Å². The molecule has 0 saturated heterocycles. The van der Waals surface area contributed by atoms with E-state index in [4.69, 9.17) is 9.47 Å². The maximum absolute atomic E-state index is 5.79. The molecule has 2 heteroatoms. The second kappa shape index (κ2) is 7.88. The van der Waals surface area contributed by atoms with E-state index in [1.54, 1.807) is 0 Å². The first-order valence-electron chi connectivity index (χ1n) is 8.08. The summed E-state index contributed by atoms with van der Waals surface area (Å²) >= 11 is 0. The monoisotopic (exact) mass is 298 g/mol. The zero-order valence-electron chi connectivity index (χ0n) is 14.0. The van der Waals surface area contributed by atoms with Gasteiger partial charge in [0.2, 0.25) is 0 Å². The molecule has 0 aromatic heterocycles. The molecule has 0 aliphatic rings. The fourth-order valence-electron chi connectivity index (χ4n) is 2.10. The zero-order valence-corrected chi connectivity index (χ0v) is 14.0. The molecule has 0 fully saturated rings. The van der Waals surface area contributed by atoms with Gasteiger partial charge in [-0.1, -0.05) is 44.5 Å². The van der Waals surface area contributed by atoms with Gasteiger partial charge in [-0.3, -0.25) is 0 Å². The molecule has 0 amide bonds. The van der Waals surface area contributed by atoms with Crippen LogP contribution in [0.1, 0.15) is 34.1 Å². The topological polar surface area (TPSA) is 18.5 Å². The van der Waals surface area contributed by atoms with E-state index in [1.807, 2.05) is 38.1 Å². The molecule has 0 aliphatic carbocycles. The lowest BCUT2D eigenvalue weighted by atomic mass is 10.1. The Bertz CT molecular complexity index is 555. The summed E-state index contributed by atoms with van der Waals surface area (Å²) in [5, 5.41) is 0. The standard InChI is InChI=1S/C20H26O2/c1-5-16(4)14-21-19-10-6-17(7-11-19)18-8-12-20(13-9-18)22-15(2)3/h6-13,15-16H,5,14H2,1-4H3. The van der Waals surface area contributed by atoms with Gasteiger partial charge >= 0.3 is 0 Å². The van der Waals surface area contributed by atoms with E-state index >= 15 is 0 Å². The molecule has 22 heavy (non-hydrogen) atoms. The summed E-state index contributed by atoms with van der Waals surface area (Å²) in [4.78, 5) is 0. The molecule has 0 N–H and O–H groups in total. The van der Waals surface area contributed by atoms with E-state index in [2.05, 4.69) is 38.1 Å². The van der Waals surface area contributed by atoms with E-state index in [-0.39, 0.29) is 6.10 Å². The Labute approximate surface area is 134 Å². The first kappa shape index (κ1) is 16.4. The maximum Gasteiger partial charge on any atom is 0.119 e. The molecular formula is C20H26O2. The minimum absolute atomic E-state index is 0.202. The predicted octanol–water partition coefficient (Wildman–Crippen LogP) is 5.57. The Morgan fingerprint density at radius 1 is 0.773 bits per heavy atom. The Morgan fingerprint density at radius 2 is 1.27 bits per heavy atom. The largest absolute Gasteiger partial charge is 0.493 e. The molecule has 2 nitrogen and oxygen atoms in total. The van der Waals surface area contributed by atoms with Gasteiger partial charge in [-0.25, -0.2) is 0 Å². The highest BCUT2D eigenvalue weighted by atomic mass is 16.5. The van der Waals surface area contributed by atoms with Crippen molar-refractivity contribution in [2.24, 2.45) is 5.92 Å². The normalized spacial score (nSPS) is 12.2. The lowest BCUT2D eigenvalue weighted by Gasteiger charge is -2.12. The van der Waals surface area contributed by atoms with Crippen LogP contribution in [0.5, 0.6) is 11.5 Å². The van der Waals surface area contributed by atoms with Gasteiger partial charge in [0, 0.05) is 0 Å². The Balaban J connectivity index is 2.00. The van der Waals surface area contributed by atoms with Gasteiger partial charge in [-0.05, 0) is 55.2 Å². The third-order valence-corrected chi connectivity index (χ3v) is 3.65. The molecule has 2 aromatic carbocycles. The average Bonchev–Trinajstić information content (AvgIpc) is 2.53. The highest BCUT2D eigenvalue weighted by molar-refractivity contribution is 5.64. The van der Waals surface area contributed by atoms with Crippen LogP contribution in [0, 0.1) is 5.92 Å². The lowest BCUT2D eigenvalue weighted by molar-refractivity contribution is 0.242. The van der Waals surface area contributed by atoms with E-state index < -0.39 is 0 Å². The molecule has 2 rings (SSSR count). The SMILES string of the molecule is CCC(C)COc1ccc(-c2ccc(OC(C)C)cc2)cc1. The van der Waals surface area contributed by atoms with Crippen LogP contribution in [0.2, 0.25) is 0 Å². The number of benzene rings is 2. The van der Waals surface area contributed by atoms with Crippen LogP contribution >= 0.6 is 0 Å². The average molecular weight is 298 g/mol. The van der Waals surface area contributed by atoms with Gasteiger partial charge in [0.1, 0.15) is 11.5 Å². The minimum Gasteiger partial charge on any atom is -0.493 e. The van der Waals surface area contributed by atoms with E-state index in [0.717, 1.165) is 24.5 Å². The Kier molecular flexibility index (Phi) is 5.88. The van der Waals surface area contributed by atoms with E-state index in [1.165, 1.54) is 11.1 Å². The molecule has 0 bridgehead atoms. The maximum atomic E-state index is 5.79. The minimum atomic E-state index is 0.202. The number of hydrogen-bond donors (Lipinski definition) is 0. The van der Waals surface area contributed by atoms with Crippen molar-refractivity contribution in [1.82, 2.24) is 0 Å². The third kappa shape index (κ3) is 4.80. The fraction of sp³-hybridized carbons (Fsp3) is 0.400. The molecule has 0 radical (unpaired) electrons. The summed E-state index contributed by atoms with van der Waals surface area (Å²) in [7, 11) is 0. The van der Waals surface area contributed by atoms with Crippen LogP contribution < -0.4 is 9.47 Å². The molecular weight excluding hydrogens is 272 g/mol. The Hall–Kier alpha value is -1.96. The number of ether oxygens (including phenoxy) is 2. The molecule has 0 saturated carbocycles. The van der Waals surface area contributed by atoms with Gasteiger partial charge in [0.25, 0.3) is 0 Å². The number of rotatable bonds is 7. The summed E-state index contributed by atoms with van der Waals surface area (Å²) in [6.07, 6.45) is 1.34. The first-order valence-corrected chi connectivity index (χ1v) is 8.08. The lowest BCUT2D eigenvalue weighted by Crippen LogP contribution is -2.06. The van der Waals surface area contributed by atoms with Crippen LogP contribution in [0.3, 0.4) is 0 Å². The van der Waals surface area contributed by atoms with Crippen LogP contribution in [-0.4, -0.2) is 12.7 Å². The van der Waals surface area contributed by atoms with Crippen LogP contribution in [0.25, 0.3) is 11.1 Å². The van der Waals surface area contributed by atoms with Gasteiger partial charge < -0.3 is 9.47 Å². The van der Waals surface area contributed by atoms with Crippen molar-refractivity contribution in [2.45, 2.75) is 40.2 Å². The molecule has 0 heterocycles. The van der Waals surface area contributed by atoms with Gasteiger partial charge in [-0.15, -0.1) is 0 Å². The smallest absolute Gasteiger partial charge is 0.119 e. The van der Waals surface area contributed by atoms with Crippen LogP contribution in [0.4, 0.5) is 0 Å². The van der Waals surface area contributed by atoms with Crippen LogP contribution in [-0.2, 0) is 0 Å². The van der Waals surface area contributed by atoms with Crippen LogP contribution in [0.15, 0.2) is 48.5 Å². The highest BCUT2D eigenvalue weighted by Crippen LogP contribution is 2.25. The summed E-state index contributed by atoms with van der Waals surface area (Å²) in [6.45, 7) is 9.23. The summed E-state index contributed by atoms with van der Waals surface area (Å²) < 4.78 is 11.5. The zero-order chi connectivity index (χ0) is 15.9. The quantitative estimate of drug-likeness (QED) is 0.665. The molecule has 1 unspecified atom stereocenters. The van der Waals surface area contributed by atoms with E-state index in [0.29, 0.717) is 5.92 Å². The molecule has 0 aliphatic heterocycles. The molecule has 1 atom stereocenters. The molecule has 0 spiro atoms. The van der Waals surface area contributed by atoms with Crippen molar-refractivity contribution < 1.29 is 9.47 Å². The second-order valence-electron chi connectivity index (χ2n) is 6.04. The van der Waals surface area contributed by atoms with Crippen molar-refractivity contribution in [2.75, 3.05) is 6.61 Å². The van der Waals surface area contributed by atoms with Crippen molar-refractivity contribution in [1.29, 1.82) is 0 Å². The van der Waals surface area contributed by atoms with Crippen molar-refractivity contribution in [3.05, 3.63) is 48.5 Å². The van der Waals surface area contributed by atoms with Gasteiger partial charge in [-0.2, -0.15) is 0 Å². The van der Waals surface area contributed by atoms with Crippen molar-refractivity contribution >= 4 is 0 Å². The summed E-state index contributed by atoms with van der Waals surface area (Å²) in [6, 6.07) is 16.5. The number of hydrogen-bond acceptors (Lipinski definition) is 2. The van der Waals surface area contributed by atoms with Gasteiger partial charge in [0.15, 0.2) is 0 Å². The predicted molar refractivity (Wildman–Crippen MR) is 92.6 cm³/mol. The van der Waals surface area contributed by atoms with Gasteiger partial charge in [0.05, 0.1) is 12.7 Å². The molecule has 118 valence electrons. The Morgan fingerprint density at radius 3 is 1.73 bits per heavy atom. The fourth-order valence-corrected chi connectivity index (χ4v) is 2.10. The summed E-state index contributed by atoms with van der Waals surface area (Å²) in [5.74, 6) is 2.43. The third-order valence-electron chi connectivity index (χ3n) is 3.65. The first-order chi connectivity index (χ1) is 10.6. The van der Waals surface area contributed by atoms with E-state index in [9.17, 15) is 0 Å². The molecule has 2 aromatic rings. The van der Waals surface area contributed by atoms with Crippen molar-refractivity contribution in [3.63, 3.8) is 0 Å². The highest BCUT2D eigenvalue weighted by Gasteiger charge is 2.03. The summed E-state index contributed by atoms with van der Waals surface area (Å²) in [5.41, 5.74) is 2.37.